The van der Waals surface area contributed by atoms with E-state index in [1.54, 1.807) is 0 Å². The number of carbonyl (C=O) groups excluding carboxylic acids is 2. The summed E-state index contributed by atoms with van der Waals surface area (Å²) in [6, 6.07) is 17.3. The molecular formula is C34H37O4-. The van der Waals surface area contributed by atoms with Crippen molar-refractivity contribution >= 4 is 11.8 Å². The van der Waals surface area contributed by atoms with Crippen molar-refractivity contribution in [1.82, 2.24) is 0 Å². The number of carbonyl (C=O) groups is 2. The molecule has 0 N–H and O–H groups in total. The van der Waals surface area contributed by atoms with Crippen LogP contribution in [0.4, 0.5) is 0 Å². The van der Waals surface area contributed by atoms with Crippen molar-refractivity contribution in [2.75, 3.05) is 6.61 Å². The highest BCUT2D eigenvalue weighted by molar-refractivity contribution is 5.80. The molecule has 2 aliphatic rings. The molecule has 0 aromatic heterocycles. The lowest BCUT2D eigenvalue weighted by Gasteiger charge is -2.20. The Morgan fingerprint density at radius 3 is 2.39 bits per heavy atom. The van der Waals surface area contributed by atoms with Crippen LogP contribution in [0.15, 0.2) is 48.5 Å². The highest BCUT2D eigenvalue weighted by Gasteiger charge is 2.53. The van der Waals surface area contributed by atoms with Crippen molar-refractivity contribution in [2.24, 2.45) is 5.41 Å². The number of Topliss-reactive ketones (excluding diaryl/α,β-unsaturated/α-hetero) is 1. The van der Waals surface area contributed by atoms with Crippen LogP contribution >= 0.6 is 0 Å². The number of carboxylic acid groups (broad SMARTS) is 1. The molecule has 1 spiro atoms. The van der Waals surface area contributed by atoms with Crippen molar-refractivity contribution in [3.05, 3.63) is 87.5 Å². The van der Waals surface area contributed by atoms with Gasteiger partial charge in [0.15, 0.2) is 5.78 Å². The number of aryl methyl sites for hydroxylation is 4. The number of aliphatic carboxylic acids is 1. The van der Waals surface area contributed by atoms with Crippen LogP contribution in [0.2, 0.25) is 0 Å². The van der Waals surface area contributed by atoms with Crippen LogP contribution in [0.3, 0.4) is 0 Å². The molecule has 5 rings (SSSR count). The molecule has 1 saturated carbocycles. The van der Waals surface area contributed by atoms with E-state index in [2.05, 4.69) is 57.2 Å². The average Bonchev–Trinajstić information content (AvgIpc) is 3.59. The van der Waals surface area contributed by atoms with Gasteiger partial charge in [-0.3, -0.25) is 4.79 Å². The van der Waals surface area contributed by atoms with Crippen molar-refractivity contribution < 1.29 is 19.4 Å². The van der Waals surface area contributed by atoms with E-state index in [1.807, 2.05) is 19.1 Å². The minimum Gasteiger partial charge on any atom is -0.550 e. The molecule has 0 bridgehead atoms. The highest BCUT2D eigenvalue weighted by Crippen LogP contribution is 2.64. The molecule has 1 unspecified atom stereocenters. The van der Waals surface area contributed by atoms with E-state index in [0.29, 0.717) is 6.42 Å². The second-order valence-electron chi connectivity index (χ2n) is 11.4. The summed E-state index contributed by atoms with van der Waals surface area (Å²) < 4.78 is 5.74. The van der Waals surface area contributed by atoms with E-state index in [0.717, 1.165) is 49.0 Å². The third-order valence-electron chi connectivity index (χ3n) is 8.83. The fraction of sp³-hybridized carbons (Fsp3) is 0.412. The van der Waals surface area contributed by atoms with Gasteiger partial charge in [0.1, 0.15) is 12.4 Å². The molecule has 38 heavy (non-hydrogen) atoms. The maximum absolute atomic E-state index is 11.7. The fourth-order valence-corrected chi connectivity index (χ4v) is 6.52. The number of rotatable bonds is 10. The molecule has 0 saturated heterocycles. The van der Waals surface area contributed by atoms with Crippen LogP contribution in [0.25, 0.3) is 11.1 Å². The minimum atomic E-state index is -0.937. The molecular weight excluding hydrogens is 472 g/mol. The third kappa shape index (κ3) is 5.14. The summed E-state index contributed by atoms with van der Waals surface area (Å²) >= 11 is 0. The maximum Gasteiger partial charge on any atom is 0.169 e. The predicted molar refractivity (Wildman–Crippen MR) is 148 cm³/mol. The molecule has 198 valence electrons. The zero-order valence-electron chi connectivity index (χ0n) is 23.0. The van der Waals surface area contributed by atoms with Crippen LogP contribution < -0.4 is 9.84 Å². The molecule has 0 amide bonds. The monoisotopic (exact) mass is 509 g/mol. The van der Waals surface area contributed by atoms with Crippen molar-refractivity contribution in [3.8, 4) is 16.9 Å². The third-order valence-corrected chi connectivity index (χ3v) is 8.83. The first-order chi connectivity index (χ1) is 18.2. The summed E-state index contributed by atoms with van der Waals surface area (Å²) in [4.78, 5) is 23.0. The number of ketones is 1. The van der Waals surface area contributed by atoms with Gasteiger partial charge in [-0.15, -0.1) is 0 Å². The van der Waals surface area contributed by atoms with E-state index >= 15 is 0 Å². The van der Waals surface area contributed by atoms with E-state index in [1.165, 1.54) is 38.9 Å². The fourth-order valence-electron chi connectivity index (χ4n) is 6.52. The second kappa shape index (κ2) is 10.4. The van der Waals surface area contributed by atoms with Gasteiger partial charge >= 0.3 is 0 Å². The molecule has 0 heterocycles. The Morgan fingerprint density at radius 1 is 1.00 bits per heavy atom. The Hall–Kier alpha value is -3.40. The zero-order chi connectivity index (χ0) is 27.0. The van der Waals surface area contributed by atoms with E-state index in [9.17, 15) is 14.7 Å². The smallest absolute Gasteiger partial charge is 0.169 e. The number of fused-ring (bicyclic) bond motifs is 1. The largest absolute Gasteiger partial charge is 0.550 e. The molecule has 3 aromatic carbocycles. The van der Waals surface area contributed by atoms with Crippen LogP contribution in [-0.2, 0) is 28.9 Å². The van der Waals surface area contributed by atoms with Gasteiger partial charge in [0.25, 0.3) is 0 Å². The Bertz CT molecular complexity index is 1370. The van der Waals surface area contributed by atoms with Crippen molar-refractivity contribution in [2.45, 2.75) is 78.6 Å². The van der Waals surface area contributed by atoms with Crippen LogP contribution in [0.5, 0.6) is 5.75 Å². The van der Waals surface area contributed by atoms with Crippen LogP contribution in [0.1, 0.15) is 77.5 Å². The van der Waals surface area contributed by atoms with E-state index in [4.69, 9.17) is 4.74 Å². The number of ether oxygens (including phenoxy) is 1. The molecule has 0 aliphatic heterocycles. The quantitative estimate of drug-likeness (QED) is 0.337. The number of hydrogen-bond acceptors (Lipinski definition) is 4. The lowest BCUT2D eigenvalue weighted by atomic mass is 9.86. The van der Waals surface area contributed by atoms with Crippen LogP contribution in [-0.4, -0.2) is 18.4 Å². The summed E-state index contributed by atoms with van der Waals surface area (Å²) in [5.74, 6) is 0.0187. The summed E-state index contributed by atoms with van der Waals surface area (Å²) in [6.45, 7) is 8.38. The summed E-state index contributed by atoms with van der Waals surface area (Å²) in [5, 5.41) is 11.4. The van der Waals surface area contributed by atoms with Gasteiger partial charge in [0.05, 0.1) is 0 Å². The number of benzene rings is 3. The summed E-state index contributed by atoms with van der Waals surface area (Å²) in [5.41, 5.74) is 11.4. The highest BCUT2D eigenvalue weighted by atomic mass is 16.5. The van der Waals surface area contributed by atoms with E-state index < -0.39 is 5.97 Å². The average molecular weight is 510 g/mol. The van der Waals surface area contributed by atoms with Gasteiger partial charge in [-0.2, -0.15) is 0 Å². The van der Waals surface area contributed by atoms with Crippen molar-refractivity contribution in [1.29, 1.82) is 0 Å². The lowest BCUT2D eigenvalue weighted by molar-refractivity contribution is -0.306. The topological polar surface area (TPSA) is 66.4 Å². The summed E-state index contributed by atoms with van der Waals surface area (Å²) in [6.07, 6.45) is 5.79. The molecule has 1 atom stereocenters. The first-order valence-corrected chi connectivity index (χ1v) is 13.9. The standard InChI is InChI=1S/C34H38O4/c1-5-27(35)20-38-28-15-21(2)33(22(3)16-28)29-8-6-7-25(23(29)4)11-9-24-10-12-30-26(17-24)19-34(13-14-34)31(30)18-32(36)37/h6-8,10,12,15-17,31H,5,9,11,13-14,18-20H2,1-4H3,(H,36,37)/p-1. The van der Waals surface area contributed by atoms with Crippen LogP contribution in [0, 0.1) is 26.2 Å². The Kier molecular flexibility index (Phi) is 7.17. The predicted octanol–water partition coefficient (Wildman–Crippen LogP) is 5.98. The lowest BCUT2D eigenvalue weighted by Crippen LogP contribution is -2.26. The van der Waals surface area contributed by atoms with Gasteiger partial charge in [0.2, 0.25) is 0 Å². The van der Waals surface area contributed by atoms with Crippen molar-refractivity contribution in [3.63, 3.8) is 0 Å². The molecule has 4 heteroatoms. The maximum atomic E-state index is 11.7. The zero-order valence-corrected chi connectivity index (χ0v) is 23.0. The molecule has 0 radical (unpaired) electrons. The first-order valence-electron chi connectivity index (χ1n) is 13.9. The SMILES string of the molecule is CCC(=O)COc1cc(C)c(-c2cccc(CCc3ccc4c(c3)CC3(CC3)C4CC(=O)[O-])c2C)c(C)c1. The Morgan fingerprint density at radius 2 is 1.74 bits per heavy atom. The first kappa shape index (κ1) is 26.2. The molecule has 4 nitrogen and oxygen atoms in total. The van der Waals surface area contributed by atoms with Gasteiger partial charge in [-0.05, 0) is 133 Å². The van der Waals surface area contributed by atoms with Gasteiger partial charge < -0.3 is 14.6 Å². The minimum absolute atomic E-state index is 0.0979. The Balaban J connectivity index is 1.33. The molecule has 1 fully saturated rings. The van der Waals surface area contributed by atoms with Gasteiger partial charge in [0, 0.05) is 12.4 Å². The summed E-state index contributed by atoms with van der Waals surface area (Å²) in [7, 11) is 0. The number of hydrogen-bond donors (Lipinski definition) is 0. The number of carboxylic acids is 1. The van der Waals surface area contributed by atoms with Gasteiger partial charge in [-0.1, -0.05) is 43.3 Å². The second-order valence-corrected chi connectivity index (χ2v) is 11.4. The molecule has 3 aromatic rings. The van der Waals surface area contributed by atoms with Gasteiger partial charge in [-0.25, -0.2) is 0 Å². The Labute approximate surface area is 226 Å². The van der Waals surface area contributed by atoms with E-state index in [-0.39, 0.29) is 30.1 Å². The normalized spacial score (nSPS) is 16.9. The molecule has 2 aliphatic carbocycles.